The predicted octanol–water partition coefficient (Wildman–Crippen LogP) is 1.14. The normalized spacial score (nSPS) is 12.8. The lowest BCUT2D eigenvalue weighted by molar-refractivity contribution is -0.128. The zero-order valence-corrected chi connectivity index (χ0v) is 11.9. The molecule has 3 N–H and O–H groups in total. The number of aromatic nitrogens is 2. The third-order valence-electron chi connectivity index (χ3n) is 2.72. The van der Waals surface area contributed by atoms with Crippen molar-refractivity contribution in [3.05, 3.63) is 18.0 Å². The van der Waals surface area contributed by atoms with Crippen LogP contribution in [0.25, 0.3) is 0 Å². The van der Waals surface area contributed by atoms with Gasteiger partial charge in [-0.05, 0) is 6.92 Å². The van der Waals surface area contributed by atoms with Gasteiger partial charge in [-0.3, -0.25) is 14.7 Å². The van der Waals surface area contributed by atoms with Gasteiger partial charge in [0.1, 0.15) is 0 Å². The maximum Gasteiger partial charge on any atom is 0.225 e. The van der Waals surface area contributed by atoms with E-state index in [2.05, 4.69) is 20.8 Å². The van der Waals surface area contributed by atoms with Crippen molar-refractivity contribution in [3.63, 3.8) is 0 Å². The Bertz CT molecular complexity index is 420. The summed E-state index contributed by atoms with van der Waals surface area (Å²) in [6.45, 7) is 7.74. The summed E-state index contributed by atoms with van der Waals surface area (Å²) in [4.78, 5) is 23.3. The van der Waals surface area contributed by atoms with Crippen molar-refractivity contribution in [2.75, 3.05) is 6.54 Å². The highest BCUT2D eigenvalue weighted by molar-refractivity contribution is 5.82. The van der Waals surface area contributed by atoms with Crippen LogP contribution < -0.4 is 10.6 Å². The molecular weight excluding hydrogens is 244 g/mol. The zero-order chi connectivity index (χ0) is 14.5. The van der Waals surface area contributed by atoms with E-state index >= 15 is 0 Å². The number of carbonyl (C=O) groups is 2. The number of H-pyrrole nitrogens is 1. The van der Waals surface area contributed by atoms with Gasteiger partial charge in [0, 0.05) is 30.1 Å². The van der Waals surface area contributed by atoms with E-state index in [1.807, 2.05) is 27.7 Å². The number of nitrogens with one attached hydrogen (secondary N) is 3. The minimum atomic E-state index is -0.430. The van der Waals surface area contributed by atoms with Crippen LogP contribution in [0.1, 0.15) is 45.7 Å². The standard InChI is InChI=1S/C13H22N4O2/c1-9(10-7-15-16-8-10)17-11(18)5-6-14-12(19)13(2,3)4/h7-9H,5-6H2,1-4H3,(H,14,19)(H,15,16)(H,17,18). The molecule has 0 bridgehead atoms. The van der Waals surface area contributed by atoms with Gasteiger partial charge in [-0.1, -0.05) is 20.8 Å². The molecule has 106 valence electrons. The smallest absolute Gasteiger partial charge is 0.225 e. The highest BCUT2D eigenvalue weighted by atomic mass is 16.2. The molecule has 0 aliphatic heterocycles. The number of nitrogens with zero attached hydrogens (tertiary/aromatic N) is 1. The number of hydrogen-bond donors (Lipinski definition) is 3. The summed E-state index contributed by atoms with van der Waals surface area (Å²) >= 11 is 0. The second-order valence-electron chi connectivity index (χ2n) is 5.58. The molecule has 0 aliphatic rings. The van der Waals surface area contributed by atoms with E-state index in [4.69, 9.17) is 0 Å². The summed E-state index contributed by atoms with van der Waals surface area (Å²) in [5.41, 5.74) is 0.493. The Hall–Kier alpha value is -1.85. The molecule has 0 spiro atoms. The first-order chi connectivity index (χ1) is 8.80. The van der Waals surface area contributed by atoms with Gasteiger partial charge in [0.05, 0.1) is 12.2 Å². The predicted molar refractivity (Wildman–Crippen MR) is 72.2 cm³/mol. The van der Waals surface area contributed by atoms with Crippen LogP contribution >= 0.6 is 0 Å². The van der Waals surface area contributed by atoms with Crippen molar-refractivity contribution in [2.24, 2.45) is 5.41 Å². The molecule has 6 nitrogen and oxygen atoms in total. The molecule has 0 radical (unpaired) electrons. The average Bonchev–Trinajstić information content (AvgIpc) is 2.80. The molecule has 1 atom stereocenters. The van der Waals surface area contributed by atoms with Gasteiger partial charge in [0.25, 0.3) is 0 Å². The van der Waals surface area contributed by atoms with Crippen LogP contribution in [0.3, 0.4) is 0 Å². The third-order valence-corrected chi connectivity index (χ3v) is 2.72. The van der Waals surface area contributed by atoms with Gasteiger partial charge < -0.3 is 10.6 Å². The van der Waals surface area contributed by atoms with E-state index in [1.165, 1.54) is 0 Å². The summed E-state index contributed by atoms with van der Waals surface area (Å²) in [6.07, 6.45) is 3.68. The molecule has 1 rings (SSSR count). The summed E-state index contributed by atoms with van der Waals surface area (Å²) in [7, 11) is 0. The molecule has 0 aliphatic carbocycles. The first kappa shape index (κ1) is 15.2. The number of amides is 2. The second-order valence-corrected chi connectivity index (χ2v) is 5.58. The van der Waals surface area contributed by atoms with E-state index < -0.39 is 5.41 Å². The molecule has 0 aromatic carbocycles. The fourth-order valence-corrected chi connectivity index (χ4v) is 1.45. The van der Waals surface area contributed by atoms with Crippen molar-refractivity contribution >= 4 is 11.8 Å². The Morgan fingerprint density at radius 1 is 1.42 bits per heavy atom. The van der Waals surface area contributed by atoms with Crippen molar-refractivity contribution in [2.45, 2.75) is 40.2 Å². The molecule has 0 fully saturated rings. The summed E-state index contributed by atoms with van der Waals surface area (Å²) in [5, 5.41) is 12.1. The molecule has 1 aromatic heterocycles. The van der Waals surface area contributed by atoms with E-state index in [1.54, 1.807) is 12.4 Å². The molecule has 1 heterocycles. The van der Waals surface area contributed by atoms with Crippen molar-refractivity contribution < 1.29 is 9.59 Å². The minimum Gasteiger partial charge on any atom is -0.355 e. The van der Waals surface area contributed by atoms with Crippen LogP contribution in [0.5, 0.6) is 0 Å². The quantitative estimate of drug-likeness (QED) is 0.747. The first-order valence-corrected chi connectivity index (χ1v) is 6.37. The number of hydrogen-bond acceptors (Lipinski definition) is 3. The molecule has 6 heteroatoms. The average molecular weight is 266 g/mol. The molecule has 2 amide bonds. The molecule has 0 saturated heterocycles. The summed E-state index contributed by atoms with van der Waals surface area (Å²) < 4.78 is 0. The lowest BCUT2D eigenvalue weighted by Crippen LogP contribution is -2.37. The maximum absolute atomic E-state index is 11.7. The SMILES string of the molecule is CC(NC(=O)CCNC(=O)C(C)(C)C)c1cn[nH]c1. The van der Waals surface area contributed by atoms with Crippen molar-refractivity contribution in [1.82, 2.24) is 20.8 Å². The third kappa shape index (κ3) is 5.11. The van der Waals surface area contributed by atoms with Gasteiger partial charge in [-0.2, -0.15) is 5.10 Å². The Kier molecular flexibility index (Phi) is 5.09. The molecule has 1 unspecified atom stereocenters. The topological polar surface area (TPSA) is 86.9 Å². The monoisotopic (exact) mass is 266 g/mol. The van der Waals surface area contributed by atoms with E-state index in [0.29, 0.717) is 6.54 Å². The van der Waals surface area contributed by atoms with E-state index in [9.17, 15) is 9.59 Å². The number of carbonyl (C=O) groups excluding carboxylic acids is 2. The molecule has 1 aromatic rings. The maximum atomic E-state index is 11.7. The Morgan fingerprint density at radius 3 is 2.63 bits per heavy atom. The van der Waals surface area contributed by atoms with Gasteiger partial charge >= 0.3 is 0 Å². The second kappa shape index (κ2) is 6.36. The van der Waals surface area contributed by atoms with Crippen LogP contribution in [0.15, 0.2) is 12.4 Å². The largest absolute Gasteiger partial charge is 0.355 e. The minimum absolute atomic E-state index is 0.0526. The van der Waals surface area contributed by atoms with Gasteiger partial charge in [-0.25, -0.2) is 0 Å². The lowest BCUT2D eigenvalue weighted by atomic mass is 9.96. The van der Waals surface area contributed by atoms with Crippen molar-refractivity contribution in [3.8, 4) is 0 Å². The Morgan fingerprint density at radius 2 is 2.11 bits per heavy atom. The fourth-order valence-electron chi connectivity index (χ4n) is 1.45. The summed E-state index contributed by atoms with van der Waals surface area (Å²) in [5.74, 6) is -0.147. The fraction of sp³-hybridized carbons (Fsp3) is 0.615. The molecule has 19 heavy (non-hydrogen) atoms. The van der Waals surface area contributed by atoms with E-state index in [-0.39, 0.29) is 24.3 Å². The van der Waals surface area contributed by atoms with Gasteiger partial charge in [0.15, 0.2) is 0 Å². The summed E-state index contributed by atoms with van der Waals surface area (Å²) in [6, 6.07) is -0.0930. The Balaban J connectivity index is 2.27. The van der Waals surface area contributed by atoms with Crippen LogP contribution in [-0.4, -0.2) is 28.6 Å². The van der Waals surface area contributed by atoms with E-state index in [0.717, 1.165) is 5.56 Å². The highest BCUT2D eigenvalue weighted by Gasteiger charge is 2.20. The molecule has 0 saturated carbocycles. The van der Waals surface area contributed by atoms with Crippen LogP contribution in [0, 0.1) is 5.41 Å². The van der Waals surface area contributed by atoms with Crippen LogP contribution in [-0.2, 0) is 9.59 Å². The van der Waals surface area contributed by atoms with Gasteiger partial charge in [-0.15, -0.1) is 0 Å². The first-order valence-electron chi connectivity index (χ1n) is 6.37. The Labute approximate surface area is 113 Å². The number of aromatic amines is 1. The highest BCUT2D eigenvalue weighted by Crippen LogP contribution is 2.12. The number of rotatable bonds is 5. The van der Waals surface area contributed by atoms with Crippen LogP contribution in [0.2, 0.25) is 0 Å². The molecular formula is C13H22N4O2. The zero-order valence-electron chi connectivity index (χ0n) is 11.9. The van der Waals surface area contributed by atoms with Crippen LogP contribution in [0.4, 0.5) is 0 Å². The van der Waals surface area contributed by atoms with Gasteiger partial charge in [0.2, 0.25) is 11.8 Å². The van der Waals surface area contributed by atoms with Crippen molar-refractivity contribution in [1.29, 1.82) is 0 Å². The lowest BCUT2D eigenvalue weighted by Gasteiger charge is -2.18.